The maximum atomic E-state index is 2.32. The van der Waals surface area contributed by atoms with Crippen LogP contribution < -0.4 is 9.80 Å². The second kappa shape index (κ2) is 17.0. The summed E-state index contributed by atoms with van der Waals surface area (Å²) in [6.45, 7) is 0. The molecule has 9 rings (SSSR count). The van der Waals surface area contributed by atoms with E-state index in [2.05, 4.69) is 265 Å². The van der Waals surface area contributed by atoms with Gasteiger partial charge in [-0.15, -0.1) is 0 Å². The molecule has 0 fully saturated rings. The third kappa shape index (κ3) is 8.14. The molecule has 58 heavy (non-hydrogen) atoms. The maximum absolute atomic E-state index is 2.32. The highest BCUT2D eigenvalue weighted by molar-refractivity contribution is 5.82. The highest BCUT2D eigenvalue weighted by Crippen LogP contribution is 2.38. The van der Waals surface area contributed by atoms with E-state index < -0.39 is 0 Å². The molecule has 0 spiro atoms. The maximum Gasteiger partial charge on any atom is 0.0462 e. The highest BCUT2D eigenvalue weighted by Gasteiger charge is 2.14. The van der Waals surface area contributed by atoms with E-state index in [1.165, 1.54) is 33.4 Å². The van der Waals surface area contributed by atoms with E-state index in [1.807, 2.05) is 0 Å². The lowest BCUT2D eigenvalue weighted by molar-refractivity contribution is 1.28. The van der Waals surface area contributed by atoms with Gasteiger partial charge in [0, 0.05) is 34.1 Å². The molecule has 276 valence electrons. The summed E-state index contributed by atoms with van der Waals surface area (Å²) in [6.07, 6.45) is 4.37. The quantitative estimate of drug-likeness (QED) is 0.122. The fraction of sp³-hybridized carbons (Fsp3) is 0. The highest BCUT2D eigenvalue weighted by atomic mass is 15.1. The van der Waals surface area contributed by atoms with E-state index in [4.69, 9.17) is 0 Å². The zero-order chi connectivity index (χ0) is 38.9. The Morgan fingerprint density at radius 3 is 0.707 bits per heavy atom. The van der Waals surface area contributed by atoms with Crippen molar-refractivity contribution in [2.24, 2.45) is 0 Å². The fourth-order valence-corrected chi connectivity index (χ4v) is 7.43. The van der Waals surface area contributed by atoms with E-state index in [0.29, 0.717) is 0 Å². The minimum absolute atomic E-state index is 1.10. The molecule has 2 nitrogen and oxygen atoms in total. The summed E-state index contributed by atoms with van der Waals surface area (Å²) in [5.74, 6) is 0. The van der Waals surface area contributed by atoms with Gasteiger partial charge in [-0.1, -0.05) is 182 Å². The first kappa shape index (κ1) is 36.0. The summed E-state index contributed by atoms with van der Waals surface area (Å²) in [6, 6.07) is 86.2. The summed E-state index contributed by atoms with van der Waals surface area (Å²) in [5, 5.41) is 0. The van der Waals surface area contributed by atoms with Gasteiger partial charge in [0.2, 0.25) is 0 Å². The topological polar surface area (TPSA) is 6.48 Å². The molecule has 0 bridgehead atoms. The Balaban J connectivity index is 0.927. The molecule has 0 saturated carbocycles. The third-order valence-corrected chi connectivity index (χ3v) is 10.5. The largest absolute Gasteiger partial charge is 0.311 e. The Morgan fingerprint density at radius 1 is 0.190 bits per heavy atom. The summed E-state index contributed by atoms with van der Waals surface area (Å²) < 4.78 is 0. The molecule has 0 aliphatic carbocycles. The van der Waals surface area contributed by atoms with Crippen LogP contribution >= 0.6 is 0 Å². The van der Waals surface area contributed by atoms with Crippen LogP contribution in [0.15, 0.2) is 243 Å². The number of hydrogen-bond acceptors (Lipinski definition) is 2. The van der Waals surface area contributed by atoms with Crippen molar-refractivity contribution in [3.8, 4) is 33.4 Å². The molecule has 9 aromatic carbocycles. The zero-order valence-corrected chi connectivity index (χ0v) is 32.1. The van der Waals surface area contributed by atoms with Gasteiger partial charge in [-0.05, 0) is 117 Å². The molecule has 0 N–H and O–H groups in total. The first-order valence-corrected chi connectivity index (χ1v) is 19.8. The second-order valence-electron chi connectivity index (χ2n) is 14.3. The van der Waals surface area contributed by atoms with Crippen LogP contribution in [0.25, 0.3) is 45.5 Å². The summed E-state index contributed by atoms with van der Waals surface area (Å²) in [4.78, 5) is 4.61. The minimum Gasteiger partial charge on any atom is -0.311 e. The molecular formula is C56H42N2. The van der Waals surface area contributed by atoms with E-state index in [1.54, 1.807) is 0 Å². The van der Waals surface area contributed by atoms with Crippen LogP contribution in [-0.2, 0) is 0 Å². The van der Waals surface area contributed by atoms with Crippen molar-refractivity contribution in [3.05, 3.63) is 254 Å². The first-order chi connectivity index (χ1) is 28.7. The predicted molar refractivity (Wildman–Crippen MR) is 247 cm³/mol. The minimum atomic E-state index is 1.10. The molecule has 0 aliphatic heterocycles. The molecule has 0 amide bonds. The van der Waals surface area contributed by atoms with Gasteiger partial charge in [0.25, 0.3) is 0 Å². The Morgan fingerprint density at radius 2 is 0.397 bits per heavy atom. The average molecular weight is 743 g/mol. The summed E-state index contributed by atoms with van der Waals surface area (Å²) in [5.41, 5.74) is 16.2. The predicted octanol–water partition coefficient (Wildman–Crippen LogP) is 15.8. The van der Waals surface area contributed by atoms with Gasteiger partial charge in [0.05, 0.1) is 0 Å². The van der Waals surface area contributed by atoms with Crippen LogP contribution in [0.2, 0.25) is 0 Å². The monoisotopic (exact) mass is 742 g/mol. The van der Waals surface area contributed by atoms with Crippen LogP contribution in [-0.4, -0.2) is 0 Å². The van der Waals surface area contributed by atoms with Crippen molar-refractivity contribution in [1.82, 2.24) is 0 Å². The molecule has 0 radical (unpaired) electrons. The third-order valence-electron chi connectivity index (χ3n) is 10.5. The standard InChI is InChI=1S/C56H42N2/c1-5-13-45(14-6-1)48-29-37-55(38-30-48)58(56-39-31-49(32-40-56)46-15-7-2-8-16-46)53-35-25-44(26-36-53)22-21-43-23-27-47(28-24-43)50-33-41-54(42-34-50)57(51-17-9-3-10-18-51)52-19-11-4-12-20-52/h1-42H/b22-21+. The van der Waals surface area contributed by atoms with Crippen molar-refractivity contribution in [2.45, 2.75) is 0 Å². The lowest BCUT2D eigenvalue weighted by Gasteiger charge is -2.26. The van der Waals surface area contributed by atoms with Gasteiger partial charge in [-0.2, -0.15) is 0 Å². The van der Waals surface area contributed by atoms with Crippen LogP contribution in [0.3, 0.4) is 0 Å². The first-order valence-electron chi connectivity index (χ1n) is 19.8. The SMILES string of the molecule is C(=C\c1ccc(N(c2ccc(-c3ccccc3)cc2)c2ccc(-c3ccccc3)cc2)cc1)/c1ccc(-c2ccc(N(c3ccccc3)c3ccccc3)cc2)cc1. The number of para-hydroxylation sites is 2. The number of rotatable bonds is 11. The van der Waals surface area contributed by atoms with Gasteiger partial charge >= 0.3 is 0 Å². The van der Waals surface area contributed by atoms with Gasteiger partial charge in [-0.3, -0.25) is 0 Å². The van der Waals surface area contributed by atoms with Crippen LogP contribution in [0.5, 0.6) is 0 Å². The number of anilines is 6. The molecule has 2 heteroatoms. The van der Waals surface area contributed by atoms with E-state index in [0.717, 1.165) is 45.3 Å². The molecule has 0 saturated heterocycles. The van der Waals surface area contributed by atoms with Crippen molar-refractivity contribution in [3.63, 3.8) is 0 Å². The summed E-state index contributed by atoms with van der Waals surface area (Å²) >= 11 is 0. The Labute approximate surface area is 341 Å². The lowest BCUT2D eigenvalue weighted by Crippen LogP contribution is -2.09. The van der Waals surface area contributed by atoms with Gasteiger partial charge in [-0.25, -0.2) is 0 Å². The number of benzene rings is 9. The molecule has 9 aromatic rings. The van der Waals surface area contributed by atoms with Crippen molar-refractivity contribution in [2.75, 3.05) is 9.80 Å². The van der Waals surface area contributed by atoms with Crippen molar-refractivity contribution < 1.29 is 0 Å². The van der Waals surface area contributed by atoms with E-state index in [9.17, 15) is 0 Å². The Hall–Kier alpha value is -7.68. The van der Waals surface area contributed by atoms with Gasteiger partial charge < -0.3 is 9.80 Å². The van der Waals surface area contributed by atoms with Crippen LogP contribution in [0.1, 0.15) is 11.1 Å². The van der Waals surface area contributed by atoms with E-state index in [-0.39, 0.29) is 0 Å². The molecule has 0 aliphatic rings. The number of nitrogens with zero attached hydrogens (tertiary/aromatic N) is 2. The molecule has 0 aromatic heterocycles. The second-order valence-corrected chi connectivity index (χ2v) is 14.3. The van der Waals surface area contributed by atoms with Gasteiger partial charge in [0.15, 0.2) is 0 Å². The van der Waals surface area contributed by atoms with Crippen LogP contribution in [0.4, 0.5) is 34.1 Å². The Kier molecular flexibility index (Phi) is 10.5. The molecular weight excluding hydrogens is 701 g/mol. The van der Waals surface area contributed by atoms with E-state index >= 15 is 0 Å². The molecule has 0 unspecified atom stereocenters. The summed E-state index contributed by atoms with van der Waals surface area (Å²) in [7, 11) is 0. The molecule has 0 heterocycles. The number of hydrogen-bond donors (Lipinski definition) is 0. The zero-order valence-electron chi connectivity index (χ0n) is 32.1. The van der Waals surface area contributed by atoms with Crippen molar-refractivity contribution >= 4 is 46.3 Å². The van der Waals surface area contributed by atoms with Gasteiger partial charge in [0.1, 0.15) is 0 Å². The normalized spacial score (nSPS) is 11.0. The molecule has 0 atom stereocenters. The smallest absolute Gasteiger partial charge is 0.0462 e. The van der Waals surface area contributed by atoms with Crippen molar-refractivity contribution in [1.29, 1.82) is 0 Å². The fourth-order valence-electron chi connectivity index (χ4n) is 7.43. The lowest BCUT2D eigenvalue weighted by atomic mass is 10.0. The average Bonchev–Trinajstić information content (AvgIpc) is 3.31. The Bertz CT molecular complexity index is 2570. The van der Waals surface area contributed by atoms with Crippen LogP contribution in [0, 0.1) is 0 Å².